The lowest BCUT2D eigenvalue weighted by atomic mass is 10.3. The Kier molecular flexibility index (Phi) is 2.49. The molecule has 3 nitrogen and oxygen atoms in total. The quantitative estimate of drug-likeness (QED) is 0.799. The van der Waals surface area contributed by atoms with Gasteiger partial charge in [-0.3, -0.25) is 0 Å². The number of aromatic nitrogens is 2. The molecule has 0 amide bonds. The van der Waals surface area contributed by atoms with Gasteiger partial charge in [0.05, 0.1) is 5.39 Å². The topological polar surface area (TPSA) is 29.0 Å². The van der Waals surface area contributed by atoms with Crippen LogP contribution >= 0.6 is 22.9 Å². The van der Waals surface area contributed by atoms with Gasteiger partial charge in [0.1, 0.15) is 10.6 Å². The minimum absolute atomic E-state index is 0.376. The van der Waals surface area contributed by atoms with Gasteiger partial charge in [-0.05, 0) is 54.6 Å². The van der Waals surface area contributed by atoms with Crippen LogP contribution in [0.2, 0.25) is 5.28 Å². The molecule has 2 saturated carbocycles. The zero-order valence-corrected chi connectivity index (χ0v) is 11.5. The molecule has 0 unspecified atom stereocenters. The molecule has 5 heteroatoms. The summed E-state index contributed by atoms with van der Waals surface area (Å²) < 4.78 is 0. The van der Waals surface area contributed by atoms with Gasteiger partial charge in [0.2, 0.25) is 5.28 Å². The third-order valence-corrected chi connectivity index (χ3v) is 4.66. The zero-order chi connectivity index (χ0) is 12.1. The Labute approximate surface area is 115 Å². The van der Waals surface area contributed by atoms with E-state index in [4.69, 9.17) is 11.6 Å². The summed E-state index contributed by atoms with van der Waals surface area (Å²) in [5, 5.41) is 3.61. The number of hydrogen-bond acceptors (Lipinski definition) is 4. The highest BCUT2D eigenvalue weighted by Crippen LogP contribution is 2.40. The van der Waals surface area contributed by atoms with Crippen LogP contribution < -0.4 is 4.90 Å². The van der Waals surface area contributed by atoms with Gasteiger partial charge in [0.15, 0.2) is 0 Å². The Morgan fingerprint density at radius 2 is 2.11 bits per heavy atom. The van der Waals surface area contributed by atoms with Gasteiger partial charge >= 0.3 is 0 Å². The summed E-state index contributed by atoms with van der Waals surface area (Å²) in [7, 11) is 0. The van der Waals surface area contributed by atoms with Gasteiger partial charge in [-0.2, -0.15) is 4.98 Å². The predicted molar refractivity (Wildman–Crippen MR) is 75.5 cm³/mol. The van der Waals surface area contributed by atoms with E-state index in [9.17, 15) is 0 Å². The largest absolute Gasteiger partial charge is 0.353 e. The number of rotatable bonds is 4. The third-order valence-electron chi connectivity index (χ3n) is 3.69. The number of hydrogen-bond donors (Lipinski definition) is 0. The van der Waals surface area contributed by atoms with Crippen LogP contribution in [0.5, 0.6) is 0 Å². The fraction of sp³-hybridized carbons (Fsp3) is 0.538. The van der Waals surface area contributed by atoms with E-state index < -0.39 is 0 Å². The van der Waals surface area contributed by atoms with Gasteiger partial charge in [-0.25, -0.2) is 4.98 Å². The SMILES string of the molecule is Clc1nc(N(CC2CC2)C2CC2)c2ccsc2n1. The Morgan fingerprint density at radius 3 is 2.83 bits per heavy atom. The second kappa shape index (κ2) is 4.07. The van der Waals surface area contributed by atoms with Gasteiger partial charge in [-0.15, -0.1) is 11.3 Å². The fourth-order valence-corrected chi connectivity index (χ4v) is 3.38. The lowest BCUT2D eigenvalue weighted by Crippen LogP contribution is -2.29. The van der Waals surface area contributed by atoms with Crippen LogP contribution in [0.3, 0.4) is 0 Å². The van der Waals surface area contributed by atoms with E-state index in [0.29, 0.717) is 11.3 Å². The van der Waals surface area contributed by atoms with Gasteiger partial charge in [0.25, 0.3) is 0 Å². The summed E-state index contributed by atoms with van der Waals surface area (Å²) >= 11 is 7.70. The lowest BCUT2D eigenvalue weighted by molar-refractivity contribution is 0.711. The van der Waals surface area contributed by atoms with Crippen LogP contribution in [0.15, 0.2) is 11.4 Å². The summed E-state index contributed by atoms with van der Waals surface area (Å²) in [4.78, 5) is 12.3. The summed E-state index contributed by atoms with van der Waals surface area (Å²) in [5.41, 5.74) is 0. The number of nitrogens with zero attached hydrogens (tertiary/aromatic N) is 3. The minimum atomic E-state index is 0.376. The summed E-state index contributed by atoms with van der Waals surface area (Å²) in [6.45, 7) is 1.14. The first-order valence-corrected chi connectivity index (χ1v) is 7.74. The van der Waals surface area contributed by atoms with E-state index in [1.54, 1.807) is 11.3 Å². The van der Waals surface area contributed by atoms with Crippen molar-refractivity contribution in [3.05, 3.63) is 16.7 Å². The maximum absolute atomic E-state index is 6.06. The van der Waals surface area contributed by atoms with E-state index in [-0.39, 0.29) is 0 Å². The molecule has 94 valence electrons. The normalized spacial score (nSPS) is 19.4. The smallest absolute Gasteiger partial charge is 0.225 e. The van der Waals surface area contributed by atoms with Crippen molar-refractivity contribution in [1.29, 1.82) is 0 Å². The number of halogens is 1. The molecule has 18 heavy (non-hydrogen) atoms. The average Bonchev–Trinajstić information content (AvgIpc) is 3.24. The maximum Gasteiger partial charge on any atom is 0.225 e. The summed E-state index contributed by atoms with van der Waals surface area (Å²) in [6.07, 6.45) is 5.32. The standard InChI is InChI=1S/C13H14ClN3S/c14-13-15-11(10-5-6-18-12(10)16-13)17(9-3-4-9)7-8-1-2-8/h5-6,8-9H,1-4,7H2. The molecule has 0 bridgehead atoms. The van der Waals surface area contributed by atoms with Crippen LogP contribution in [0.4, 0.5) is 5.82 Å². The second-order valence-corrected chi connectivity index (χ2v) is 6.52. The van der Waals surface area contributed by atoms with Crippen LogP contribution in [-0.2, 0) is 0 Å². The molecule has 2 aromatic rings. The van der Waals surface area contributed by atoms with Crippen LogP contribution in [0.25, 0.3) is 10.2 Å². The summed E-state index contributed by atoms with van der Waals surface area (Å²) in [6, 6.07) is 2.80. The second-order valence-electron chi connectivity index (χ2n) is 5.28. The van der Waals surface area contributed by atoms with Crippen molar-refractivity contribution in [3.63, 3.8) is 0 Å². The molecule has 0 saturated heterocycles. The minimum Gasteiger partial charge on any atom is -0.353 e. The monoisotopic (exact) mass is 279 g/mol. The first-order valence-electron chi connectivity index (χ1n) is 6.48. The molecule has 4 rings (SSSR count). The van der Waals surface area contributed by atoms with Crippen molar-refractivity contribution in [3.8, 4) is 0 Å². The van der Waals surface area contributed by atoms with Crippen molar-refractivity contribution in [1.82, 2.24) is 9.97 Å². The fourth-order valence-electron chi connectivity index (χ4n) is 2.41. The molecule has 2 aromatic heterocycles. The highest BCUT2D eigenvalue weighted by molar-refractivity contribution is 7.16. The molecule has 0 radical (unpaired) electrons. The van der Waals surface area contributed by atoms with E-state index >= 15 is 0 Å². The average molecular weight is 280 g/mol. The Morgan fingerprint density at radius 1 is 1.28 bits per heavy atom. The Bertz CT molecular complexity index is 589. The van der Waals surface area contributed by atoms with Crippen LogP contribution in [-0.4, -0.2) is 22.6 Å². The van der Waals surface area contributed by atoms with E-state index in [1.807, 2.05) is 0 Å². The number of anilines is 1. The van der Waals surface area contributed by atoms with Crippen LogP contribution in [0, 0.1) is 5.92 Å². The molecule has 2 aliphatic carbocycles. The number of fused-ring (bicyclic) bond motifs is 1. The lowest BCUT2D eigenvalue weighted by Gasteiger charge is -2.24. The maximum atomic E-state index is 6.06. The molecule has 0 aromatic carbocycles. The van der Waals surface area contributed by atoms with Crippen molar-refractivity contribution >= 4 is 39.0 Å². The number of thiophene rings is 1. The van der Waals surface area contributed by atoms with E-state index in [0.717, 1.165) is 28.5 Å². The molecular formula is C13H14ClN3S. The molecule has 0 atom stereocenters. The van der Waals surface area contributed by atoms with Crippen molar-refractivity contribution < 1.29 is 0 Å². The molecule has 2 aliphatic rings. The Balaban J connectivity index is 1.79. The van der Waals surface area contributed by atoms with Gasteiger partial charge in [0, 0.05) is 12.6 Å². The van der Waals surface area contributed by atoms with E-state index in [1.165, 1.54) is 25.7 Å². The highest BCUT2D eigenvalue weighted by Gasteiger charge is 2.35. The van der Waals surface area contributed by atoms with Crippen molar-refractivity contribution in [2.24, 2.45) is 5.92 Å². The van der Waals surface area contributed by atoms with Gasteiger partial charge in [-0.1, -0.05) is 0 Å². The predicted octanol–water partition coefficient (Wildman–Crippen LogP) is 3.72. The molecule has 2 heterocycles. The molecule has 0 N–H and O–H groups in total. The first-order chi connectivity index (χ1) is 8.81. The third kappa shape index (κ3) is 1.97. The molecule has 0 spiro atoms. The van der Waals surface area contributed by atoms with Crippen molar-refractivity contribution in [2.45, 2.75) is 31.7 Å². The van der Waals surface area contributed by atoms with Gasteiger partial charge < -0.3 is 4.90 Å². The molecular weight excluding hydrogens is 266 g/mol. The molecule has 0 aliphatic heterocycles. The van der Waals surface area contributed by atoms with E-state index in [2.05, 4.69) is 26.3 Å². The zero-order valence-electron chi connectivity index (χ0n) is 9.97. The molecule has 2 fully saturated rings. The van der Waals surface area contributed by atoms with Crippen molar-refractivity contribution in [2.75, 3.05) is 11.4 Å². The van der Waals surface area contributed by atoms with Crippen LogP contribution in [0.1, 0.15) is 25.7 Å². The summed E-state index contributed by atoms with van der Waals surface area (Å²) in [5.74, 6) is 1.92. The first kappa shape index (κ1) is 11.0. The highest BCUT2D eigenvalue weighted by atomic mass is 35.5. The Hall–Kier alpha value is -0.870.